The number of thiophene rings is 1. The first kappa shape index (κ1) is 12.2. The molecule has 2 aliphatic carbocycles. The molecule has 1 saturated carbocycles. The number of hydrogen-bond acceptors (Lipinski definition) is 3. The van der Waals surface area contributed by atoms with Gasteiger partial charge in [-0.3, -0.25) is 0 Å². The monoisotopic (exact) mass is 261 g/mol. The topological polar surface area (TPSA) is 44.0 Å². The van der Waals surface area contributed by atoms with Crippen molar-refractivity contribution in [2.45, 2.75) is 57.0 Å². The lowest BCUT2D eigenvalue weighted by molar-refractivity contribution is -0.119. The number of aryl methyl sites for hydroxylation is 1. The van der Waals surface area contributed by atoms with Crippen molar-refractivity contribution in [2.75, 3.05) is 0 Å². The lowest BCUT2D eigenvalue weighted by atomic mass is 9.55. The molecular formula is C15H19NOS. The summed E-state index contributed by atoms with van der Waals surface area (Å²) in [5.41, 5.74) is 0.132. The summed E-state index contributed by atoms with van der Waals surface area (Å²) in [5.74, 6) is 0. The first-order valence-corrected chi connectivity index (χ1v) is 7.76. The van der Waals surface area contributed by atoms with E-state index in [1.807, 2.05) is 6.07 Å². The van der Waals surface area contributed by atoms with Crippen LogP contribution in [0.15, 0.2) is 11.4 Å². The molecule has 0 bridgehead atoms. The Kier molecular flexibility index (Phi) is 2.96. The summed E-state index contributed by atoms with van der Waals surface area (Å²) < 4.78 is 0. The zero-order valence-corrected chi connectivity index (χ0v) is 11.4. The van der Waals surface area contributed by atoms with Crippen molar-refractivity contribution in [3.8, 4) is 6.07 Å². The SMILES string of the molecule is N#CCC1(O)c2ccsc2CCC12CCCCC2. The van der Waals surface area contributed by atoms with E-state index >= 15 is 0 Å². The molecule has 1 atom stereocenters. The molecule has 0 aromatic carbocycles. The van der Waals surface area contributed by atoms with E-state index in [9.17, 15) is 5.11 Å². The van der Waals surface area contributed by atoms with E-state index in [2.05, 4.69) is 11.4 Å². The minimum absolute atomic E-state index is 0.0327. The smallest absolute Gasteiger partial charge is 0.109 e. The highest BCUT2D eigenvalue weighted by atomic mass is 32.1. The summed E-state index contributed by atoms with van der Waals surface area (Å²) in [5, 5.41) is 22.5. The summed E-state index contributed by atoms with van der Waals surface area (Å²) in [6.07, 6.45) is 8.23. The fourth-order valence-corrected chi connectivity index (χ4v) is 4.99. The van der Waals surface area contributed by atoms with Gasteiger partial charge in [-0.05, 0) is 42.7 Å². The second-order valence-corrected chi connectivity index (χ2v) is 6.79. The predicted molar refractivity (Wildman–Crippen MR) is 72.3 cm³/mol. The minimum atomic E-state index is -0.893. The van der Waals surface area contributed by atoms with E-state index in [0.717, 1.165) is 31.2 Å². The van der Waals surface area contributed by atoms with Gasteiger partial charge in [-0.2, -0.15) is 5.26 Å². The van der Waals surface area contributed by atoms with Crippen molar-refractivity contribution in [1.82, 2.24) is 0 Å². The zero-order valence-electron chi connectivity index (χ0n) is 10.6. The van der Waals surface area contributed by atoms with Crippen LogP contribution in [0.5, 0.6) is 0 Å². The molecule has 0 radical (unpaired) electrons. The van der Waals surface area contributed by atoms with Gasteiger partial charge in [0.25, 0.3) is 0 Å². The van der Waals surface area contributed by atoms with E-state index in [-0.39, 0.29) is 11.8 Å². The Balaban J connectivity index is 2.08. The highest BCUT2D eigenvalue weighted by Gasteiger charge is 2.54. The summed E-state index contributed by atoms with van der Waals surface area (Å²) in [4.78, 5) is 1.30. The third-order valence-electron chi connectivity index (χ3n) is 5.04. The van der Waals surface area contributed by atoms with Gasteiger partial charge in [-0.15, -0.1) is 11.3 Å². The van der Waals surface area contributed by atoms with Gasteiger partial charge in [-0.25, -0.2) is 0 Å². The van der Waals surface area contributed by atoms with Crippen molar-refractivity contribution in [3.63, 3.8) is 0 Å². The maximum Gasteiger partial charge on any atom is 0.109 e. The average Bonchev–Trinajstić information content (AvgIpc) is 2.86. The largest absolute Gasteiger partial charge is 0.383 e. The second kappa shape index (κ2) is 4.36. The Labute approximate surface area is 112 Å². The maximum atomic E-state index is 11.3. The molecule has 18 heavy (non-hydrogen) atoms. The lowest BCUT2D eigenvalue weighted by Gasteiger charge is -2.52. The summed E-state index contributed by atoms with van der Waals surface area (Å²) >= 11 is 1.73. The maximum absolute atomic E-state index is 11.3. The molecule has 1 heterocycles. The molecule has 1 aromatic heterocycles. The number of nitrogens with zero attached hydrogens (tertiary/aromatic N) is 1. The molecule has 1 N–H and O–H groups in total. The highest BCUT2D eigenvalue weighted by molar-refractivity contribution is 7.10. The molecule has 2 aliphatic rings. The molecule has 3 rings (SSSR count). The number of fused-ring (bicyclic) bond motifs is 1. The standard InChI is InChI=1S/C15H19NOS/c16-10-9-15(17)12-5-11-18-13(12)4-8-14(15)6-2-1-3-7-14/h5,11,17H,1-4,6-9H2. The third kappa shape index (κ3) is 1.56. The molecule has 0 amide bonds. The number of hydrogen-bond donors (Lipinski definition) is 1. The van der Waals surface area contributed by atoms with Crippen LogP contribution in [0.3, 0.4) is 0 Å². The molecule has 1 spiro atoms. The Morgan fingerprint density at radius 2 is 2.06 bits per heavy atom. The van der Waals surface area contributed by atoms with Crippen LogP contribution >= 0.6 is 11.3 Å². The van der Waals surface area contributed by atoms with E-state index in [1.54, 1.807) is 11.3 Å². The minimum Gasteiger partial charge on any atom is -0.383 e. The van der Waals surface area contributed by atoms with Crippen LogP contribution in [0, 0.1) is 16.7 Å². The van der Waals surface area contributed by atoms with Crippen LogP contribution in [0.4, 0.5) is 0 Å². The Bertz CT molecular complexity index is 481. The van der Waals surface area contributed by atoms with Gasteiger partial charge in [-0.1, -0.05) is 19.3 Å². The van der Waals surface area contributed by atoms with Gasteiger partial charge >= 0.3 is 0 Å². The first-order valence-electron chi connectivity index (χ1n) is 6.88. The van der Waals surface area contributed by atoms with Crippen molar-refractivity contribution < 1.29 is 5.11 Å². The van der Waals surface area contributed by atoms with Crippen LogP contribution in [0.25, 0.3) is 0 Å². The van der Waals surface area contributed by atoms with Crippen molar-refractivity contribution in [2.24, 2.45) is 5.41 Å². The van der Waals surface area contributed by atoms with Gasteiger partial charge in [0.05, 0.1) is 12.5 Å². The molecule has 1 aromatic rings. The summed E-state index contributed by atoms with van der Waals surface area (Å²) in [6.45, 7) is 0. The Morgan fingerprint density at radius 1 is 1.28 bits per heavy atom. The molecule has 1 unspecified atom stereocenters. The highest BCUT2D eigenvalue weighted by Crippen LogP contribution is 2.58. The van der Waals surface area contributed by atoms with Crippen molar-refractivity contribution in [1.29, 1.82) is 5.26 Å². The number of nitriles is 1. The molecule has 1 fully saturated rings. The molecule has 0 saturated heterocycles. The van der Waals surface area contributed by atoms with Crippen LogP contribution < -0.4 is 0 Å². The first-order chi connectivity index (χ1) is 8.72. The van der Waals surface area contributed by atoms with Gasteiger partial charge in [0.1, 0.15) is 5.60 Å². The van der Waals surface area contributed by atoms with E-state index in [4.69, 9.17) is 5.26 Å². The lowest BCUT2D eigenvalue weighted by Crippen LogP contribution is -2.49. The van der Waals surface area contributed by atoms with Crippen LogP contribution in [0.2, 0.25) is 0 Å². The molecular weight excluding hydrogens is 242 g/mol. The van der Waals surface area contributed by atoms with Crippen LogP contribution in [-0.2, 0) is 12.0 Å². The zero-order chi connectivity index (χ0) is 12.6. The Hall–Kier alpha value is -0.850. The average molecular weight is 261 g/mol. The fraction of sp³-hybridized carbons (Fsp3) is 0.667. The molecule has 96 valence electrons. The third-order valence-corrected chi connectivity index (χ3v) is 6.03. The van der Waals surface area contributed by atoms with Gasteiger partial charge in [0.2, 0.25) is 0 Å². The summed E-state index contributed by atoms with van der Waals surface area (Å²) in [6, 6.07) is 4.28. The van der Waals surface area contributed by atoms with Gasteiger partial charge < -0.3 is 5.11 Å². The van der Waals surface area contributed by atoms with Gasteiger partial charge in [0, 0.05) is 10.3 Å². The number of aliphatic hydroxyl groups is 1. The van der Waals surface area contributed by atoms with Crippen LogP contribution in [0.1, 0.15) is 55.4 Å². The number of rotatable bonds is 1. The van der Waals surface area contributed by atoms with Crippen LogP contribution in [-0.4, -0.2) is 5.11 Å². The Morgan fingerprint density at radius 3 is 2.78 bits per heavy atom. The van der Waals surface area contributed by atoms with E-state index < -0.39 is 5.60 Å². The summed E-state index contributed by atoms with van der Waals surface area (Å²) in [7, 11) is 0. The van der Waals surface area contributed by atoms with E-state index in [1.165, 1.54) is 24.1 Å². The van der Waals surface area contributed by atoms with E-state index in [0.29, 0.717) is 0 Å². The van der Waals surface area contributed by atoms with Crippen molar-refractivity contribution >= 4 is 11.3 Å². The normalized spacial score (nSPS) is 29.8. The molecule has 2 nitrogen and oxygen atoms in total. The fourth-order valence-electron chi connectivity index (χ4n) is 4.04. The second-order valence-electron chi connectivity index (χ2n) is 5.79. The quantitative estimate of drug-likeness (QED) is 0.836. The predicted octanol–water partition coefficient (Wildman–Crippen LogP) is 3.75. The molecule has 0 aliphatic heterocycles. The van der Waals surface area contributed by atoms with Crippen molar-refractivity contribution in [3.05, 3.63) is 21.9 Å². The molecule has 3 heteroatoms. The van der Waals surface area contributed by atoms with Gasteiger partial charge in [0.15, 0.2) is 0 Å².